The number of fused-ring (bicyclic) bond motifs is 1. The number of carbonyl (C=O) groups excluding carboxylic acids is 2. The number of carbonyl (C=O) groups is 2. The van der Waals surface area contributed by atoms with Gasteiger partial charge in [-0.1, -0.05) is 6.07 Å². The Labute approximate surface area is 135 Å². The topological polar surface area (TPSA) is 67.9 Å². The van der Waals surface area contributed by atoms with Gasteiger partial charge in [0, 0.05) is 19.6 Å². The first-order valence-corrected chi connectivity index (χ1v) is 7.95. The molecule has 1 N–H and O–H groups in total. The molecule has 0 radical (unpaired) electrons. The molecule has 0 bridgehead atoms. The van der Waals surface area contributed by atoms with Crippen LogP contribution < -0.4 is 14.8 Å². The Morgan fingerprint density at radius 2 is 1.87 bits per heavy atom. The number of hydrogen-bond acceptors (Lipinski definition) is 4. The van der Waals surface area contributed by atoms with E-state index in [1.54, 1.807) is 18.7 Å². The lowest BCUT2D eigenvalue weighted by Gasteiger charge is -2.28. The molecule has 23 heavy (non-hydrogen) atoms. The van der Waals surface area contributed by atoms with Crippen LogP contribution in [0.2, 0.25) is 0 Å². The lowest BCUT2D eigenvalue weighted by atomic mass is 9.90. The van der Waals surface area contributed by atoms with Crippen LogP contribution in [0.25, 0.3) is 0 Å². The molecule has 0 atom stereocenters. The van der Waals surface area contributed by atoms with Crippen LogP contribution in [-0.4, -0.2) is 36.6 Å². The maximum absolute atomic E-state index is 12.5. The fourth-order valence-electron chi connectivity index (χ4n) is 2.87. The van der Waals surface area contributed by atoms with Gasteiger partial charge in [-0.3, -0.25) is 9.59 Å². The van der Waals surface area contributed by atoms with Crippen LogP contribution in [0.5, 0.6) is 11.5 Å². The van der Waals surface area contributed by atoms with Gasteiger partial charge < -0.3 is 19.7 Å². The van der Waals surface area contributed by atoms with Gasteiger partial charge in [-0.2, -0.15) is 0 Å². The first-order chi connectivity index (χ1) is 11.0. The van der Waals surface area contributed by atoms with E-state index in [2.05, 4.69) is 5.32 Å². The molecule has 1 saturated heterocycles. The largest absolute Gasteiger partial charge is 0.454 e. The van der Waals surface area contributed by atoms with Crippen LogP contribution in [-0.2, 0) is 16.1 Å². The predicted octanol–water partition coefficient (Wildman–Crippen LogP) is 1.68. The van der Waals surface area contributed by atoms with E-state index in [0.29, 0.717) is 18.0 Å². The Morgan fingerprint density at radius 3 is 2.61 bits per heavy atom. The first kappa shape index (κ1) is 15.6. The Bertz CT molecular complexity index is 621. The second-order valence-corrected chi connectivity index (χ2v) is 6.49. The molecule has 2 heterocycles. The van der Waals surface area contributed by atoms with E-state index in [1.165, 1.54) is 0 Å². The Kier molecular flexibility index (Phi) is 4.15. The fraction of sp³-hybridized carbons (Fsp3) is 0.529. The Balaban J connectivity index is 1.60. The summed E-state index contributed by atoms with van der Waals surface area (Å²) in [5.74, 6) is 1.04. The molecule has 6 heteroatoms. The summed E-state index contributed by atoms with van der Waals surface area (Å²) in [4.78, 5) is 26.7. The summed E-state index contributed by atoms with van der Waals surface area (Å²) in [5, 5.41) is 2.85. The van der Waals surface area contributed by atoms with Gasteiger partial charge >= 0.3 is 0 Å². The lowest BCUT2D eigenvalue weighted by molar-refractivity contribution is -0.147. The number of ether oxygens (including phenoxy) is 2. The number of benzene rings is 1. The molecule has 0 spiro atoms. The van der Waals surface area contributed by atoms with Gasteiger partial charge in [0.05, 0.1) is 0 Å². The monoisotopic (exact) mass is 318 g/mol. The summed E-state index contributed by atoms with van der Waals surface area (Å²) in [6.07, 6.45) is 2.03. The molecule has 124 valence electrons. The molecule has 0 aromatic heterocycles. The molecule has 2 amide bonds. The molecule has 1 aromatic rings. The van der Waals surface area contributed by atoms with Crippen molar-refractivity contribution in [2.45, 2.75) is 33.2 Å². The van der Waals surface area contributed by atoms with Crippen LogP contribution in [0.4, 0.5) is 0 Å². The summed E-state index contributed by atoms with van der Waals surface area (Å²) in [5.41, 5.74) is -0.146. The molecule has 2 aliphatic heterocycles. The Morgan fingerprint density at radius 1 is 1.17 bits per heavy atom. The molecule has 1 aromatic carbocycles. The van der Waals surface area contributed by atoms with Gasteiger partial charge in [0.25, 0.3) is 0 Å². The van der Waals surface area contributed by atoms with E-state index in [-0.39, 0.29) is 18.6 Å². The third-order valence-corrected chi connectivity index (χ3v) is 4.39. The second kappa shape index (κ2) is 6.10. The molecule has 1 fully saturated rings. The van der Waals surface area contributed by atoms with Crippen molar-refractivity contribution in [2.75, 3.05) is 19.9 Å². The van der Waals surface area contributed by atoms with E-state index < -0.39 is 5.41 Å². The summed E-state index contributed by atoms with van der Waals surface area (Å²) in [7, 11) is 0. The molecular formula is C17H22N2O4. The number of amides is 2. The first-order valence-electron chi connectivity index (χ1n) is 7.95. The van der Waals surface area contributed by atoms with Crippen LogP contribution in [0.15, 0.2) is 18.2 Å². The standard InChI is InChI=1S/C17H22N2O4/c1-17(2,16(21)19-7-3-4-8-19)15(20)18-10-12-5-6-13-14(9-12)23-11-22-13/h5-6,9H,3-4,7-8,10-11H2,1-2H3,(H,18,20). The normalized spacial score (nSPS) is 16.5. The zero-order valence-corrected chi connectivity index (χ0v) is 13.6. The molecule has 2 aliphatic rings. The number of nitrogens with zero attached hydrogens (tertiary/aromatic N) is 1. The number of nitrogens with one attached hydrogen (secondary N) is 1. The molecule has 0 aliphatic carbocycles. The molecule has 0 unspecified atom stereocenters. The van der Waals surface area contributed by atoms with Crippen molar-refractivity contribution >= 4 is 11.8 Å². The fourth-order valence-corrected chi connectivity index (χ4v) is 2.87. The van der Waals surface area contributed by atoms with E-state index >= 15 is 0 Å². The van der Waals surface area contributed by atoms with Crippen molar-refractivity contribution in [3.05, 3.63) is 23.8 Å². The maximum atomic E-state index is 12.5. The summed E-state index contributed by atoms with van der Waals surface area (Å²) < 4.78 is 10.6. The highest BCUT2D eigenvalue weighted by Crippen LogP contribution is 2.32. The number of hydrogen-bond donors (Lipinski definition) is 1. The van der Waals surface area contributed by atoms with E-state index in [0.717, 1.165) is 31.5 Å². The maximum Gasteiger partial charge on any atom is 0.237 e. The van der Waals surface area contributed by atoms with Crippen LogP contribution in [0.3, 0.4) is 0 Å². The molecule has 3 rings (SSSR count). The minimum Gasteiger partial charge on any atom is -0.454 e. The minimum atomic E-state index is -1.05. The van der Waals surface area contributed by atoms with Crippen molar-refractivity contribution in [2.24, 2.45) is 5.41 Å². The Hall–Kier alpha value is -2.24. The predicted molar refractivity (Wildman–Crippen MR) is 84.0 cm³/mol. The molecular weight excluding hydrogens is 296 g/mol. The summed E-state index contributed by atoms with van der Waals surface area (Å²) in [6.45, 7) is 5.44. The highest BCUT2D eigenvalue weighted by molar-refractivity contribution is 6.04. The number of likely N-dealkylation sites (tertiary alicyclic amines) is 1. The van der Waals surface area contributed by atoms with Gasteiger partial charge in [-0.25, -0.2) is 0 Å². The van der Waals surface area contributed by atoms with Gasteiger partial charge in [-0.15, -0.1) is 0 Å². The zero-order valence-electron chi connectivity index (χ0n) is 13.6. The van der Waals surface area contributed by atoms with Crippen molar-refractivity contribution < 1.29 is 19.1 Å². The smallest absolute Gasteiger partial charge is 0.237 e. The highest BCUT2D eigenvalue weighted by Gasteiger charge is 2.39. The third-order valence-electron chi connectivity index (χ3n) is 4.39. The van der Waals surface area contributed by atoms with E-state index in [4.69, 9.17) is 9.47 Å². The van der Waals surface area contributed by atoms with Crippen molar-refractivity contribution in [3.63, 3.8) is 0 Å². The average molecular weight is 318 g/mol. The lowest BCUT2D eigenvalue weighted by Crippen LogP contribution is -2.48. The van der Waals surface area contributed by atoms with Crippen molar-refractivity contribution in [3.8, 4) is 11.5 Å². The van der Waals surface area contributed by atoms with Gasteiger partial charge in [0.1, 0.15) is 5.41 Å². The molecule has 0 saturated carbocycles. The quantitative estimate of drug-likeness (QED) is 0.858. The van der Waals surface area contributed by atoms with Crippen LogP contribution in [0.1, 0.15) is 32.3 Å². The van der Waals surface area contributed by atoms with E-state index in [1.807, 2.05) is 18.2 Å². The van der Waals surface area contributed by atoms with Crippen LogP contribution in [0, 0.1) is 5.41 Å². The summed E-state index contributed by atoms with van der Waals surface area (Å²) >= 11 is 0. The van der Waals surface area contributed by atoms with Crippen molar-refractivity contribution in [1.29, 1.82) is 0 Å². The number of rotatable bonds is 4. The van der Waals surface area contributed by atoms with Gasteiger partial charge in [0.15, 0.2) is 11.5 Å². The van der Waals surface area contributed by atoms with Crippen LogP contribution >= 0.6 is 0 Å². The van der Waals surface area contributed by atoms with Crippen molar-refractivity contribution in [1.82, 2.24) is 10.2 Å². The minimum absolute atomic E-state index is 0.0989. The third kappa shape index (κ3) is 3.11. The summed E-state index contributed by atoms with van der Waals surface area (Å²) in [6, 6.07) is 5.55. The van der Waals surface area contributed by atoms with Gasteiger partial charge in [-0.05, 0) is 44.4 Å². The average Bonchev–Trinajstić information content (AvgIpc) is 3.22. The second-order valence-electron chi connectivity index (χ2n) is 6.49. The SMILES string of the molecule is CC(C)(C(=O)NCc1ccc2c(c1)OCO2)C(=O)N1CCCC1. The highest BCUT2D eigenvalue weighted by atomic mass is 16.7. The zero-order chi connectivity index (χ0) is 16.4. The van der Waals surface area contributed by atoms with Gasteiger partial charge in [0.2, 0.25) is 18.6 Å². The van der Waals surface area contributed by atoms with E-state index in [9.17, 15) is 9.59 Å². The molecule has 6 nitrogen and oxygen atoms in total.